The average molecular weight is 464 g/mol. The number of nitrogens with one attached hydrogen (secondary N) is 3. The van der Waals surface area contributed by atoms with Crippen LogP contribution in [0.5, 0.6) is 0 Å². The van der Waals surface area contributed by atoms with E-state index in [1.807, 2.05) is 0 Å². The van der Waals surface area contributed by atoms with Crippen molar-refractivity contribution in [1.82, 2.24) is 16.0 Å². The van der Waals surface area contributed by atoms with Gasteiger partial charge in [0.2, 0.25) is 17.7 Å². The maximum Gasteiger partial charge on any atom is 0.326 e. The molecule has 0 aromatic rings. The van der Waals surface area contributed by atoms with Gasteiger partial charge in [-0.2, -0.15) is 12.6 Å². The molecule has 0 saturated heterocycles. The average Bonchev–Trinajstić information content (AvgIpc) is 2.72. The third kappa shape index (κ3) is 10.3. The summed E-state index contributed by atoms with van der Waals surface area (Å²) in [4.78, 5) is 48.8. The molecule has 12 heteroatoms. The van der Waals surface area contributed by atoms with E-state index in [0.717, 1.165) is 6.42 Å². The highest BCUT2D eigenvalue weighted by molar-refractivity contribution is 7.80. The lowest BCUT2D eigenvalue weighted by atomic mass is 9.98. The largest absolute Gasteiger partial charge is 0.480 e. The highest BCUT2D eigenvalue weighted by Crippen LogP contribution is 2.09. The van der Waals surface area contributed by atoms with Crippen LogP contribution < -0.4 is 27.4 Å². The molecule has 0 spiro atoms. The predicted molar refractivity (Wildman–Crippen MR) is 119 cm³/mol. The van der Waals surface area contributed by atoms with E-state index in [2.05, 4.69) is 28.6 Å². The van der Waals surface area contributed by atoms with E-state index in [1.54, 1.807) is 13.8 Å². The van der Waals surface area contributed by atoms with Crippen molar-refractivity contribution >= 4 is 36.3 Å². The zero-order valence-electron chi connectivity index (χ0n) is 18.3. The zero-order chi connectivity index (χ0) is 24.1. The van der Waals surface area contributed by atoms with Gasteiger partial charge in [-0.05, 0) is 32.2 Å². The number of carboxylic acids is 1. The third-order valence-electron chi connectivity index (χ3n) is 4.96. The molecule has 9 N–H and O–H groups in total. The first-order chi connectivity index (χ1) is 14.5. The summed E-state index contributed by atoms with van der Waals surface area (Å²) in [6.45, 7) is 5.21. The Bertz CT molecular complexity index is 606. The molecule has 0 aromatic carbocycles. The van der Waals surface area contributed by atoms with Crippen molar-refractivity contribution in [3.8, 4) is 0 Å². The Morgan fingerprint density at radius 2 is 1.55 bits per heavy atom. The van der Waals surface area contributed by atoms with Crippen LogP contribution in [0.4, 0.5) is 0 Å². The summed E-state index contributed by atoms with van der Waals surface area (Å²) >= 11 is 4.06. The van der Waals surface area contributed by atoms with Gasteiger partial charge in [0.15, 0.2) is 0 Å². The molecule has 31 heavy (non-hydrogen) atoms. The van der Waals surface area contributed by atoms with E-state index in [4.69, 9.17) is 11.5 Å². The van der Waals surface area contributed by atoms with Crippen molar-refractivity contribution < 1.29 is 29.4 Å². The van der Waals surface area contributed by atoms with E-state index in [0.29, 0.717) is 25.8 Å². The van der Waals surface area contributed by atoms with Crippen LogP contribution in [0.25, 0.3) is 0 Å². The van der Waals surface area contributed by atoms with Gasteiger partial charge >= 0.3 is 5.97 Å². The second-order valence-corrected chi connectivity index (χ2v) is 7.94. The molecule has 6 unspecified atom stereocenters. The number of aliphatic carboxylic acids is 1. The summed E-state index contributed by atoms with van der Waals surface area (Å²) in [6, 6.07) is -4.53. The Labute approximate surface area is 188 Å². The van der Waals surface area contributed by atoms with Gasteiger partial charge in [-0.1, -0.05) is 26.7 Å². The summed E-state index contributed by atoms with van der Waals surface area (Å²) in [6.07, 6.45) is 0.965. The van der Waals surface area contributed by atoms with Gasteiger partial charge in [-0.25, -0.2) is 4.79 Å². The van der Waals surface area contributed by atoms with Crippen molar-refractivity contribution in [3.63, 3.8) is 0 Å². The molecule has 0 rings (SSSR count). The fourth-order valence-corrected chi connectivity index (χ4v) is 2.95. The minimum absolute atomic E-state index is 0.0775. The zero-order valence-corrected chi connectivity index (χ0v) is 19.2. The summed E-state index contributed by atoms with van der Waals surface area (Å²) in [5, 5.41) is 26.5. The molecule has 0 aliphatic carbocycles. The molecule has 3 amide bonds. The summed E-state index contributed by atoms with van der Waals surface area (Å²) in [5.41, 5.74) is 11.2. The molecule has 0 heterocycles. The van der Waals surface area contributed by atoms with Crippen LogP contribution in [-0.4, -0.2) is 76.5 Å². The molecule has 6 atom stereocenters. The van der Waals surface area contributed by atoms with Gasteiger partial charge in [0.25, 0.3) is 0 Å². The first kappa shape index (κ1) is 29.1. The summed E-state index contributed by atoms with van der Waals surface area (Å²) in [5.74, 6) is -3.81. The molecule has 0 bridgehead atoms. The predicted octanol–water partition coefficient (Wildman–Crippen LogP) is -1.66. The van der Waals surface area contributed by atoms with Crippen molar-refractivity contribution in [2.75, 3.05) is 12.3 Å². The third-order valence-corrected chi connectivity index (χ3v) is 5.33. The highest BCUT2D eigenvalue weighted by Gasteiger charge is 2.33. The molecule has 180 valence electrons. The van der Waals surface area contributed by atoms with Crippen molar-refractivity contribution in [2.45, 2.75) is 76.7 Å². The number of aliphatic hydroxyl groups excluding tert-OH is 1. The number of hydrogen-bond acceptors (Lipinski definition) is 8. The van der Waals surface area contributed by atoms with Gasteiger partial charge in [0, 0.05) is 5.75 Å². The fraction of sp³-hybridized carbons (Fsp3) is 0.789. The van der Waals surface area contributed by atoms with Crippen molar-refractivity contribution in [3.05, 3.63) is 0 Å². The number of carboxylic acid groups (broad SMARTS) is 1. The Kier molecular flexibility index (Phi) is 14.1. The van der Waals surface area contributed by atoms with E-state index >= 15 is 0 Å². The Balaban J connectivity index is 5.12. The number of nitrogens with two attached hydrogens (primary N) is 2. The van der Waals surface area contributed by atoms with Gasteiger partial charge in [0.05, 0.1) is 12.1 Å². The number of rotatable bonds is 15. The second-order valence-electron chi connectivity index (χ2n) is 7.57. The molecule has 0 radical (unpaired) electrons. The number of hydrogen-bond donors (Lipinski definition) is 8. The lowest BCUT2D eigenvalue weighted by Gasteiger charge is -2.27. The number of aliphatic hydroxyl groups is 1. The summed E-state index contributed by atoms with van der Waals surface area (Å²) < 4.78 is 0. The molecule has 0 saturated carbocycles. The molecule has 0 aliphatic rings. The molecule has 0 aromatic heterocycles. The standard InChI is InChI=1S/C19H37N5O6S/c1-4-10(2)14(19(29)30)23-18(28)15(11(3)25)24-17(27)13(9-31)22-16(26)12(21)7-5-6-8-20/h10-15,25,31H,4-9,20-21H2,1-3H3,(H,22,26)(H,23,28)(H,24,27)(H,29,30). The highest BCUT2D eigenvalue weighted by atomic mass is 32.1. The molecule has 0 fully saturated rings. The Morgan fingerprint density at radius 1 is 0.968 bits per heavy atom. The summed E-state index contributed by atoms with van der Waals surface area (Å²) in [7, 11) is 0. The van der Waals surface area contributed by atoms with Gasteiger partial charge in [0.1, 0.15) is 18.1 Å². The van der Waals surface area contributed by atoms with Crippen molar-refractivity contribution in [1.29, 1.82) is 0 Å². The first-order valence-corrected chi connectivity index (χ1v) is 11.0. The molecular weight excluding hydrogens is 426 g/mol. The van der Waals surface area contributed by atoms with Crippen LogP contribution in [0.3, 0.4) is 0 Å². The number of amides is 3. The maximum absolute atomic E-state index is 12.6. The molecule has 11 nitrogen and oxygen atoms in total. The quantitative estimate of drug-likeness (QED) is 0.104. The van der Waals surface area contributed by atoms with E-state index < -0.39 is 54.0 Å². The Morgan fingerprint density at radius 3 is 2.00 bits per heavy atom. The molecular formula is C19H37N5O6S. The van der Waals surface area contributed by atoms with Crippen LogP contribution in [0, 0.1) is 5.92 Å². The number of unbranched alkanes of at least 4 members (excludes halogenated alkanes) is 1. The van der Waals surface area contributed by atoms with Crippen LogP contribution in [0.15, 0.2) is 0 Å². The smallest absolute Gasteiger partial charge is 0.326 e. The number of thiol groups is 1. The van der Waals surface area contributed by atoms with E-state index in [-0.39, 0.29) is 11.7 Å². The topological polar surface area (TPSA) is 197 Å². The minimum atomic E-state index is -1.42. The number of carbonyl (C=O) groups excluding carboxylic acids is 3. The van der Waals surface area contributed by atoms with Gasteiger partial charge in [-0.15, -0.1) is 0 Å². The monoisotopic (exact) mass is 463 g/mol. The SMILES string of the molecule is CCC(C)C(NC(=O)C(NC(=O)C(CS)NC(=O)C(N)CCCCN)C(C)O)C(=O)O. The van der Waals surface area contributed by atoms with Crippen LogP contribution in [0.2, 0.25) is 0 Å². The first-order valence-electron chi connectivity index (χ1n) is 10.4. The van der Waals surface area contributed by atoms with E-state index in [9.17, 15) is 29.4 Å². The minimum Gasteiger partial charge on any atom is -0.480 e. The van der Waals surface area contributed by atoms with Crippen LogP contribution in [-0.2, 0) is 19.2 Å². The lowest BCUT2D eigenvalue weighted by Crippen LogP contribution is -2.60. The lowest BCUT2D eigenvalue weighted by molar-refractivity contribution is -0.144. The van der Waals surface area contributed by atoms with Crippen LogP contribution >= 0.6 is 12.6 Å². The maximum atomic E-state index is 12.6. The normalized spacial score (nSPS) is 16.9. The van der Waals surface area contributed by atoms with Crippen molar-refractivity contribution in [2.24, 2.45) is 17.4 Å². The Hall–Kier alpha value is -1.89. The van der Waals surface area contributed by atoms with Gasteiger partial charge < -0.3 is 37.6 Å². The van der Waals surface area contributed by atoms with Gasteiger partial charge in [-0.3, -0.25) is 14.4 Å². The second kappa shape index (κ2) is 15.0. The molecule has 0 aliphatic heterocycles. The van der Waals surface area contributed by atoms with Crippen LogP contribution in [0.1, 0.15) is 46.5 Å². The van der Waals surface area contributed by atoms with E-state index in [1.165, 1.54) is 6.92 Å². The fourth-order valence-electron chi connectivity index (χ4n) is 2.70. The number of carbonyl (C=O) groups is 4.